The van der Waals surface area contributed by atoms with Crippen LogP contribution >= 0.6 is 11.6 Å². The van der Waals surface area contributed by atoms with Crippen molar-refractivity contribution in [2.24, 2.45) is 0 Å². The van der Waals surface area contributed by atoms with Crippen LogP contribution in [-0.4, -0.2) is 16.4 Å². The second-order valence-electron chi connectivity index (χ2n) is 4.43. The molecule has 2 nitrogen and oxygen atoms in total. The van der Waals surface area contributed by atoms with Gasteiger partial charge >= 0.3 is 0 Å². The topological polar surface area (TPSA) is 24.9 Å². The largest absolute Gasteiger partial charge is 0.361 e. The van der Waals surface area contributed by atoms with E-state index in [1.807, 2.05) is 0 Å². The van der Waals surface area contributed by atoms with Crippen molar-refractivity contribution >= 4 is 17.4 Å². The number of anilines is 1. The predicted octanol–water partition coefficient (Wildman–Crippen LogP) is 3.57. The van der Waals surface area contributed by atoms with Gasteiger partial charge < -0.3 is 5.32 Å². The number of hydrogen-bond acceptors (Lipinski definition) is 2. The molecule has 0 aromatic carbocycles. The Bertz CT molecular complexity index is 351. The van der Waals surface area contributed by atoms with Crippen molar-refractivity contribution in [3.05, 3.63) is 24.1 Å². The van der Waals surface area contributed by atoms with Crippen LogP contribution in [0, 0.1) is 5.82 Å². The number of aromatic nitrogens is 1. The zero-order chi connectivity index (χ0) is 11.4. The van der Waals surface area contributed by atoms with Crippen LogP contribution in [-0.2, 0) is 0 Å². The first-order valence-corrected chi connectivity index (χ1v) is 6.24. The van der Waals surface area contributed by atoms with Gasteiger partial charge in [-0.1, -0.05) is 19.3 Å². The first-order chi connectivity index (χ1) is 7.76. The normalized spacial score (nSPS) is 19.4. The van der Waals surface area contributed by atoms with Gasteiger partial charge in [0.15, 0.2) is 11.6 Å². The van der Waals surface area contributed by atoms with Crippen LogP contribution < -0.4 is 5.32 Å². The van der Waals surface area contributed by atoms with Crippen LogP contribution in [0.1, 0.15) is 32.1 Å². The number of halogens is 2. The molecule has 1 aromatic heterocycles. The van der Waals surface area contributed by atoms with Gasteiger partial charge in [-0.2, -0.15) is 0 Å². The van der Waals surface area contributed by atoms with Crippen LogP contribution in [0.15, 0.2) is 18.3 Å². The fourth-order valence-electron chi connectivity index (χ4n) is 2.25. The molecule has 1 N–H and O–H groups in total. The molecule has 1 saturated carbocycles. The maximum Gasteiger partial charge on any atom is 0.165 e. The average Bonchev–Trinajstić information content (AvgIpc) is 2.33. The third-order valence-corrected chi connectivity index (χ3v) is 3.72. The Morgan fingerprint density at radius 1 is 1.38 bits per heavy atom. The summed E-state index contributed by atoms with van der Waals surface area (Å²) in [6.45, 7) is 0. The van der Waals surface area contributed by atoms with Crippen molar-refractivity contribution in [2.45, 2.75) is 37.6 Å². The number of hydrogen-bond donors (Lipinski definition) is 1. The fraction of sp³-hybridized carbons (Fsp3) is 0.583. The van der Waals surface area contributed by atoms with Gasteiger partial charge in [-0.05, 0) is 25.0 Å². The lowest BCUT2D eigenvalue weighted by Crippen LogP contribution is -2.42. The Labute approximate surface area is 100 Å². The van der Waals surface area contributed by atoms with Gasteiger partial charge in [0, 0.05) is 12.1 Å². The highest BCUT2D eigenvalue weighted by Crippen LogP contribution is 2.32. The van der Waals surface area contributed by atoms with Crippen LogP contribution in [0.3, 0.4) is 0 Å². The monoisotopic (exact) mass is 242 g/mol. The zero-order valence-electron chi connectivity index (χ0n) is 9.18. The van der Waals surface area contributed by atoms with Gasteiger partial charge in [-0.25, -0.2) is 9.37 Å². The van der Waals surface area contributed by atoms with E-state index in [4.69, 9.17) is 11.6 Å². The molecule has 1 aromatic rings. The van der Waals surface area contributed by atoms with E-state index in [-0.39, 0.29) is 11.4 Å². The molecule has 1 fully saturated rings. The Hall–Kier alpha value is -0.830. The summed E-state index contributed by atoms with van der Waals surface area (Å²) in [4.78, 5) is 4.02. The minimum Gasteiger partial charge on any atom is -0.361 e. The second-order valence-corrected chi connectivity index (χ2v) is 4.70. The molecule has 2 rings (SSSR count). The Kier molecular flexibility index (Phi) is 3.64. The highest BCUT2D eigenvalue weighted by Gasteiger charge is 2.31. The summed E-state index contributed by atoms with van der Waals surface area (Å²) in [7, 11) is 0. The lowest BCUT2D eigenvalue weighted by molar-refractivity contribution is 0.351. The summed E-state index contributed by atoms with van der Waals surface area (Å²) in [6.07, 6.45) is 7.11. The smallest absolute Gasteiger partial charge is 0.165 e. The molecule has 0 bridgehead atoms. The summed E-state index contributed by atoms with van der Waals surface area (Å²) in [5.74, 6) is 0.519. The molecule has 1 aliphatic rings. The van der Waals surface area contributed by atoms with Crippen molar-refractivity contribution < 1.29 is 4.39 Å². The van der Waals surface area contributed by atoms with Crippen LogP contribution in [0.25, 0.3) is 0 Å². The molecule has 1 heterocycles. The number of alkyl halides is 1. The van der Waals surface area contributed by atoms with E-state index in [0.29, 0.717) is 11.7 Å². The number of nitrogens with one attached hydrogen (secondary N) is 1. The van der Waals surface area contributed by atoms with Crippen molar-refractivity contribution in [3.63, 3.8) is 0 Å². The minimum absolute atomic E-state index is 0.172. The first kappa shape index (κ1) is 11.6. The Balaban J connectivity index is 2.15. The van der Waals surface area contributed by atoms with Crippen LogP contribution in [0.5, 0.6) is 0 Å². The third-order valence-electron chi connectivity index (χ3n) is 3.21. The molecule has 0 unspecified atom stereocenters. The van der Waals surface area contributed by atoms with Gasteiger partial charge in [0.05, 0.1) is 5.54 Å². The lowest BCUT2D eigenvalue weighted by atomic mass is 9.83. The Morgan fingerprint density at radius 3 is 2.75 bits per heavy atom. The average molecular weight is 243 g/mol. The van der Waals surface area contributed by atoms with E-state index in [1.54, 1.807) is 12.3 Å². The lowest BCUT2D eigenvalue weighted by Gasteiger charge is -2.36. The van der Waals surface area contributed by atoms with E-state index in [2.05, 4.69) is 10.3 Å². The first-order valence-electron chi connectivity index (χ1n) is 5.70. The van der Waals surface area contributed by atoms with Gasteiger partial charge in [0.1, 0.15) is 0 Å². The number of nitrogens with zero attached hydrogens (tertiary/aromatic N) is 1. The van der Waals surface area contributed by atoms with Gasteiger partial charge in [-0.3, -0.25) is 0 Å². The van der Waals surface area contributed by atoms with Gasteiger partial charge in [-0.15, -0.1) is 11.6 Å². The molecule has 0 radical (unpaired) electrons. The standard InChI is InChI=1S/C12H16ClFN2/c13-9-12(6-2-1-3-7-12)16-11-10(14)5-4-8-15-11/h4-5,8H,1-3,6-7,9H2,(H,15,16). The molecule has 0 amide bonds. The molecule has 16 heavy (non-hydrogen) atoms. The quantitative estimate of drug-likeness (QED) is 0.820. The number of pyridine rings is 1. The Morgan fingerprint density at radius 2 is 2.12 bits per heavy atom. The van der Waals surface area contributed by atoms with Crippen molar-refractivity contribution in [1.29, 1.82) is 0 Å². The minimum atomic E-state index is -0.308. The van der Waals surface area contributed by atoms with E-state index in [9.17, 15) is 4.39 Å². The fourth-order valence-corrected chi connectivity index (χ4v) is 2.58. The van der Waals surface area contributed by atoms with Crippen molar-refractivity contribution in [1.82, 2.24) is 4.98 Å². The van der Waals surface area contributed by atoms with E-state index < -0.39 is 0 Å². The van der Waals surface area contributed by atoms with Crippen LogP contribution in [0.4, 0.5) is 10.2 Å². The molecule has 0 saturated heterocycles. The molecular weight excluding hydrogens is 227 g/mol. The molecule has 1 aliphatic carbocycles. The molecule has 88 valence electrons. The maximum absolute atomic E-state index is 13.5. The van der Waals surface area contributed by atoms with Gasteiger partial charge in [0.2, 0.25) is 0 Å². The molecule has 4 heteroatoms. The zero-order valence-corrected chi connectivity index (χ0v) is 9.93. The van der Waals surface area contributed by atoms with Crippen molar-refractivity contribution in [2.75, 3.05) is 11.2 Å². The SMILES string of the molecule is Fc1cccnc1NC1(CCl)CCCCC1. The molecule has 0 aliphatic heterocycles. The molecule has 0 atom stereocenters. The summed E-state index contributed by atoms with van der Waals surface area (Å²) in [5.41, 5.74) is -0.172. The summed E-state index contributed by atoms with van der Waals surface area (Å²) >= 11 is 6.03. The van der Waals surface area contributed by atoms with E-state index in [0.717, 1.165) is 25.7 Å². The summed E-state index contributed by atoms with van der Waals surface area (Å²) in [6, 6.07) is 3.01. The summed E-state index contributed by atoms with van der Waals surface area (Å²) < 4.78 is 13.5. The molecule has 0 spiro atoms. The molecular formula is C12H16ClFN2. The predicted molar refractivity (Wildman–Crippen MR) is 64.4 cm³/mol. The van der Waals surface area contributed by atoms with E-state index in [1.165, 1.54) is 12.5 Å². The highest BCUT2D eigenvalue weighted by molar-refractivity contribution is 6.18. The summed E-state index contributed by atoms with van der Waals surface area (Å²) in [5, 5.41) is 3.19. The third kappa shape index (κ3) is 2.46. The van der Waals surface area contributed by atoms with Gasteiger partial charge in [0.25, 0.3) is 0 Å². The maximum atomic E-state index is 13.5. The highest BCUT2D eigenvalue weighted by atomic mass is 35.5. The van der Waals surface area contributed by atoms with Crippen LogP contribution in [0.2, 0.25) is 0 Å². The van der Waals surface area contributed by atoms with E-state index >= 15 is 0 Å². The van der Waals surface area contributed by atoms with Crippen molar-refractivity contribution in [3.8, 4) is 0 Å². The number of rotatable bonds is 3. The second kappa shape index (κ2) is 5.00.